The molecule has 0 fully saturated rings. The van der Waals surface area contributed by atoms with Gasteiger partial charge >= 0.3 is 5.97 Å². The minimum atomic E-state index is -0.570. The van der Waals surface area contributed by atoms with Crippen LogP contribution >= 0.6 is 11.6 Å². The SMILES string of the molecule is CCOc1cc(C=C2N=C(c3ccccc3)OC2=O)cc(Cl)c1OCc1cccc([N+](=O)[O-])c1. The zero-order valence-electron chi connectivity index (χ0n) is 18.1. The maximum atomic E-state index is 12.3. The van der Waals surface area contributed by atoms with Gasteiger partial charge < -0.3 is 14.2 Å². The van der Waals surface area contributed by atoms with Gasteiger partial charge in [0.1, 0.15) is 6.61 Å². The maximum Gasteiger partial charge on any atom is 0.363 e. The Kier molecular flexibility index (Phi) is 6.89. The third-order valence-electron chi connectivity index (χ3n) is 4.78. The molecule has 0 aliphatic carbocycles. The number of halogens is 1. The molecular weight excluding hydrogens is 460 g/mol. The number of rotatable bonds is 8. The fourth-order valence-corrected chi connectivity index (χ4v) is 3.53. The fourth-order valence-electron chi connectivity index (χ4n) is 3.26. The predicted molar refractivity (Wildman–Crippen MR) is 127 cm³/mol. The van der Waals surface area contributed by atoms with Crippen LogP contribution in [0.4, 0.5) is 5.69 Å². The van der Waals surface area contributed by atoms with E-state index in [4.69, 9.17) is 25.8 Å². The van der Waals surface area contributed by atoms with Crippen molar-refractivity contribution < 1.29 is 23.9 Å². The van der Waals surface area contributed by atoms with Crippen LogP contribution in [0.1, 0.15) is 23.6 Å². The van der Waals surface area contributed by atoms with Gasteiger partial charge in [0.05, 0.1) is 16.6 Å². The largest absolute Gasteiger partial charge is 0.490 e. The molecule has 172 valence electrons. The number of benzene rings is 3. The van der Waals surface area contributed by atoms with Gasteiger partial charge in [0.2, 0.25) is 5.90 Å². The Morgan fingerprint density at radius 2 is 1.88 bits per heavy atom. The number of hydrogen-bond acceptors (Lipinski definition) is 7. The quantitative estimate of drug-likeness (QED) is 0.181. The topological polar surface area (TPSA) is 100 Å². The molecule has 0 unspecified atom stereocenters. The van der Waals surface area contributed by atoms with E-state index in [9.17, 15) is 14.9 Å². The van der Waals surface area contributed by atoms with Crippen molar-refractivity contribution in [1.82, 2.24) is 0 Å². The standard InChI is InChI=1S/C25H19ClN2O6/c1-2-32-22-14-17(13-21-25(29)34-24(27-21)18-8-4-3-5-9-18)12-20(26)23(22)33-15-16-7-6-10-19(11-16)28(30)31/h3-14H,2,15H2,1H3. The molecule has 0 N–H and O–H groups in total. The molecule has 1 aliphatic rings. The summed E-state index contributed by atoms with van der Waals surface area (Å²) in [5.41, 5.74) is 1.97. The van der Waals surface area contributed by atoms with Crippen molar-refractivity contribution >= 4 is 35.2 Å². The summed E-state index contributed by atoms with van der Waals surface area (Å²) in [4.78, 5) is 27.1. The van der Waals surface area contributed by atoms with Crippen LogP contribution in [0.3, 0.4) is 0 Å². The summed E-state index contributed by atoms with van der Waals surface area (Å²) < 4.78 is 16.8. The first kappa shape index (κ1) is 23.0. The number of carbonyl (C=O) groups is 1. The number of nitro benzene ring substituents is 1. The lowest BCUT2D eigenvalue weighted by Gasteiger charge is -2.14. The van der Waals surface area contributed by atoms with Gasteiger partial charge in [-0.15, -0.1) is 0 Å². The molecule has 1 heterocycles. The summed E-state index contributed by atoms with van der Waals surface area (Å²) in [5.74, 6) is 0.314. The molecule has 0 aromatic heterocycles. The summed E-state index contributed by atoms with van der Waals surface area (Å²) in [7, 11) is 0. The molecule has 3 aromatic carbocycles. The second-order valence-corrected chi connectivity index (χ2v) is 7.59. The predicted octanol–water partition coefficient (Wildman–Crippen LogP) is 5.57. The number of aliphatic imine (C=N–C) groups is 1. The van der Waals surface area contributed by atoms with E-state index >= 15 is 0 Å². The molecule has 9 heteroatoms. The average molecular weight is 479 g/mol. The molecule has 8 nitrogen and oxygen atoms in total. The summed E-state index contributed by atoms with van der Waals surface area (Å²) in [6, 6.07) is 18.5. The van der Waals surface area contributed by atoms with Gasteiger partial charge in [-0.3, -0.25) is 10.1 Å². The van der Waals surface area contributed by atoms with Crippen LogP contribution in [-0.4, -0.2) is 23.4 Å². The van der Waals surface area contributed by atoms with E-state index in [1.807, 2.05) is 25.1 Å². The molecule has 0 bridgehead atoms. The average Bonchev–Trinajstić information content (AvgIpc) is 3.19. The third-order valence-corrected chi connectivity index (χ3v) is 5.06. The molecular formula is C25H19ClN2O6. The molecule has 0 atom stereocenters. The first-order valence-electron chi connectivity index (χ1n) is 10.3. The first-order valence-corrected chi connectivity index (χ1v) is 10.7. The number of ether oxygens (including phenoxy) is 3. The molecule has 4 rings (SSSR count). The fraction of sp³-hybridized carbons (Fsp3) is 0.120. The Hall–Kier alpha value is -4.17. The lowest BCUT2D eigenvalue weighted by Crippen LogP contribution is -2.05. The Bertz CT molecular complexity index is 1300. The van der Waals surface area contributed by atoms with E-state index in [0.717, 1.165) is 0 Å². The number of esters is 1. The third kappa shape index (κ3) is 5.24. The highest BCUT2D eigenvalue weighted by molar-refractivity contribution is 6.32. The van der Waals surface area contributed by atoms with Crippen molar-refractivity contribution in [1.29, 1.82) is 0 Å². The first-order chi connectivity index (χ1) is 16.4. The van der Waals surface area contributed by atoms with Crippen molar-refractivity contribution in [3.8, 4) is 11.5 Å². The molecule has 0 radical (unpaired) electrons. The molecule has 1 aliphatic heterocycles. The lowest BCUT2D eigenvalue weighted by molar-refractivity contribution is -0.384. The van der Waals surface area contributed by atoms with E-state index in [0.29, 0.717) is 34.8 Å². The second-order valence-electron chi connectivity index (χ2n) is 7.18. The lowest BCUT2D eigenvalue weighted by atomic mass is 10.1. The van der Waals surface area contributed by atoms with Gasteiger partial charge in [0, 0.05) is 17.7 Å². The van der Waals surface area contributed by atoms with Crippen molar-refractivity contribution in [3.63, 3.8) is 0 Å². The van der Waals surface area contributed by atoms with E-state index in [-0.39, 0.29) is 28.9 Å². The van der Waals surface area contributed by atoms with Gasteiger partial charge in [-0.2, -0.15) is 0 Å². The smallest absolute Gasteiger partial charge is 0.363 e. The van der Waals surface area contributed by atoms with E-state index < -0.39 is 10.9 Å². The molecule has 0 amide bonds. The highest BCUT2D eigenvalue weighted by atomic mass is 35.5. The van der Waals surface area contributed by atoms with Crippen molar-refractivity contribution in [3.05, 3.63) is 104 Å². The van der Waals surface area contributed by atoms with Crippen molar-refractivity contribution in [2.75, 3.05) is 6.61 Å². The van der Waals surface area contributed by atoms with E-state index in [1.165, 1.54) is 12.1 Å². The number of carbonyl (C=O) groups excluding carboxylic acids is 1. The normalized spacial score (nSPS) is 14.0. The van der Waals surface area contributed by atoms with Crippen LogP contribution in [0.5, 0.6) is 11.5 Å². The summed E-state index contributed by atoms with van der Waals surface area (Å²) >= 11 is 6.47. The Morgan fingerprint density at radius 1 is 1.09 bits per heavy atom. The highest BCUT2D eigenvalue weighted by Gasteiger charge is 2.24. The number of hydrogen-bond donors (Lipinski definition) is 0. The minimum Gasteiger partial charge on any atom is -0.490 e. The monoisotopic (exact) mass is 478 g/mol. The van der Waals surface area contributed by atoms with Crippen LogP contribution < -0.4 is 9.47 Å². The Labute approximate surface area is 200 Å². The van der Waals surface area contributed by atoms with E-state index in [1.54, 1.807) is 42.5 Å². The Balaban J connectivity index is 1.60. The van der Waals surface area contributed by atoms with Gasteiger partial charge in [-0.05, 0) is 48.4 Å². The minimum absolute atomic E-state index is 0.0296. The summed E-state index contributed by atoms with van der Waals surface area (Å²) in [6.07, 6.45) is 1.55. The molecule has 34 heavy (non-hydrogen) atoms. The second kappa shape index (κ2) is 10.2. The van der Waals surface area contributed by atoms with Crippen LogP contribution in [-0.2, 0) is 16.1 Å². The van der Waals surface area contributed by atoms with Crippen LogP contribution in [0.2, 0.25) is 5.02 Å². The highest BCUT2D eigenvalue weighted by Crippen LogP contribution is 2.38. The van der Waals surface area contributed by atoms with Crippen molar-refractivity contribution in [2.24, 2.45) is 4.99 Å². The zero-order chi connectivity index (χ0) is 24.1. The van der Waals surface area contributed by atoms with Gasteiger partial charge in [-0.1, -0.05) is 41.9 Å². The maximum absolute atomic E-state index is 12.3. The van der Waals surface area contributed by atoms with Gasteiger partial charge in [0.25, 0.3) is 5.69 Å². The number of nitrogens with zero attached hydrogens (tertiary/aromatic N) is 2. The number of non-ortho nitro benzene ring substituents is 1. The van der Waals surface area contributed by atoms with Gasteiger partial charge in [0.15, 0.2) is 17.2 Å². The molecule has 0 spiro atoms. The summed E-state index contributed by atoms with van der Waals surface area (Å²) in [5, 5.41) is 11.3. The number of nitro groups is 1. The van der Waals surface area contributed by atoms with E-state index in [2.05, 4.69) is 4.99 Å². The van der Waals surface area contributed by atoms with Crippen LogP contribution in [0.15, 0.2) is 77.4 Å². The molecule has 0 saturated heterocycles. The number of cyclic esters (lactones) is 1. The zero-order valence-corrected chi connectivity index (χ0v) is 18.8. The van der Waals surface area contributed by atoms with Crippen LogP contribution in [0.25, 0.3) is 6.08 Å². The Morgan fingerprint density at radius 3 is 2.62 bits per heavy atom. The molecule has 0 saturated carbocycles. The van der Waals surface area contributed by atoms with Crippen LogP contribution in [0, 0.1) is 10.1 Å². The van der Waals surface area contributed by atoms with Crippen molar-refractivity contribution in [2.45, 2.75) is 13.5 Å². The molecule has 3 aromatic rings. The van der Waals surface area contributed by atoms with Gasteiger partial charge in [-0.25, -0.2) is 9.79 Å². The summed E-state index contributed by atoms with van der Waals surface area (Å²) in [6.45, 7) is 2.22.